The molecule has 5 nitrogen and oxygen atoms in total. The molecular weight excluding hydrogens is 357 g/mol. The summed E-state index contributed by atoms with van der Waals surface area (Å²) in [4.78, 5) is 0. The van der Waals surface area contributed by atoms with Crippen molar-refractivity contribution in [2.24, 2.45) is 7.05 Å². The molecule has 0 radical (unpaired) electrons. The lowest BCUT2D eigenvalue weighted by atomic mass is 9.97. The summed E-state index contributed by atoms with van der Waals surface area (Å²) in [5.41, 5.74) is 1.20. The highest BCUT2D eigenvalue weighted by molar-refractivity contribution is 5.87. The standard InChI is InChI=1S/C19H19F3N4O/c1-11(12(2)27)23-10-13-4-6-14(7-5-13)15-8-9-16-18(24-25-26(16)3)17(15)19(20,21)22/h4-9,12,23,27H,1,10H2,2-3H3/t12-/m0/s1. The number of aliphatic hydroxyl groups excluding tert-OH is 1. The Morgan fingerprint density at radius 1 is 1.22 bits per heavy atom. The SMILES string of the molecule is C=C(NCc1ccc(-c2ccc3c(nnn3C)c2C(F)(F)F)cc1)[C@H](C)O. The molecule has 1 heterocycles. The van der Waals surface area contributed by atoms with Gasteiger partial charge in [-0.2, -0.15) is 13.2 Å². The van der Waals surface area contributed by atoms with Gasteiger partial charge in [0.15, 0.2) is 0 Å². The Labute approximate surface area is 154 Å². The molecule has 8 heteroatoms. The summed E-state index contributed by atoms with van der Waals surface area (Å²) < 4.78 is 42.5. The summed E-state index contributed by atoms with van der Waals surface area (Å²) in [6, 6.07) is 9.76. The predicted octanol–water partition coefficient (Wildman–Crippen LogP) is 3.64. The zero-order valence-electron chi connectivity index (χ0n) is 14.9. The number of halogens is 3. The van der Waals surface area contributed by atoms with Crippen LogP contribution in [0.25, 0.3) is 22.2 Å². The van der Waals surface area contributed by atoms with E-state index in [0.717, 1.165) is 5.56 Å². The quantitative estimate of drug-likeness (QED) is 0.714. The van der Waals surface area contributed by atoms with E-state index >= 15 is 0 Å². The molecule has 2 N–H and O–H groups in total. The van der Waals surface area contributed by atoms with Gasteiger partial charge >= 0.3 is 6.18 Å². The number of fused-ring (bicyclic) bond motifs is 1. The number of aromatic nitrogens is 3. The lowest BCUT2D eigenvalue weighted by Crippen LogP contribution is -2.20. The first kappa shape index (κ1) is 18.9. The van der Waals surface area contributed by atoms with Crippen LogP contribution < -0.4 is 5.32 Å². The molecule has 3 rings (SSSR count). The number of alkyl halides is 3. The Morgan fingerprint density at radius 3 is 2.48 bits per heavy atom. The average molecular weight is 376 g/mol. The van der Waals surface area contributed by atoms with Crippen molar-refractivity contribution in [3.8, 4) is 11.1 Å². The molecule has 0 unspecified atom stereocenters. The fourth-order valence-electron chi connectivity index (χ4n) is 2.80. The number of rotatable bonds is 5. The second kappa shape index (κ2) is 7.03. The van der Waals surface area contributed by atoms with Crippen molar-refractivity contribution in [1.29, 1.82) is 0 Å². The maximum Gasteiger partial charge on any atom is 0.419 e. The molecule has 27 heavy (non-hydrogen) atoms. The van der Waals surface area contributed by atoms with E-state index in [4.69, 9.17) is 0 Å². The Hall–Kier alpha value is -2.87. The van der Waals surface area contributed by atoms with Crippen LogP contribution in [0.1, 0.15) is 18.1 Å². The topological polar surface area (TPSA) is 63.0 Å². The fraction of sp³-hybridized carbons (Fsp3) is 0.263. The van der Waals surface area contributed by atoms with Crippen molar-refractivity contribution < 1.29 is 18.3 Å². The van der Waals surface area contributed by atoms with Gasteiger partial charge in [0.05, 0.1) is 17.2 Å². The van der Waals surface area contributed by atoms with Gasteiger partial charge < -0.3 is 10.4 Å². The van der Waals surface area contributed by atoms with Crippen molar-refractivity contribution >= 4 is 11.0 Å². The highest BCUT2D eigenvalue weighted by Crippen LogP contribution is 2.40. The van der Waals surface area contributed by atoms with Gasteiger partial charge in [0, 0.05) is 19.3 Å². The van der Waals surface area contributed by atoms with Crippen LogP contribution in [0.5, 0.6) is 0 Å². The van der Waals surface area contributed by atoms with Crippen LogP contribution in [-0.2, 0) is 19.8 Å². The lowest BCUT2D eigenvalue weighted by molar-refractivity contribution is -0.135. The predicted molar refractivity (Wildman–Crippen MR) is 96.6 cm³/mol. The first-order valence-corrected chi connectivity index (χ1v) is 8.28. The summed E-state index contributed by atoms with van der Waals surface area (Å²) in [6.45, 7) is 5.72. The summed E-state index contributed by atoms with van der Waals surface area (Å²) in [5.74, 6) is 0. The smallest absolute Gasteiger partial charge is 0.387 e. The van der Waals surface area contributed by atoms with E-state index in [9.17, 15) is 18.3 Å². The van der Waals surface area contributed by atoms with E-state index in [0.29, 0.717) is 23.3 Å². The number of benzene rings is 2. The minimum Gasteiger partial charge on any atom is -0.387 e. The van der Waals surface area contributed by atoms with Gasteiger partial charge in [0.2, 0.25) is 0 Å². The van der Waals surface area contributed by atoms with Gasteiger partial charge in [-0.15, -0.1) is 5.10 Å². The number of aliphatic hydroxyl groups is 1. The highest BCUT2D eigenvalue weighted by atomic mass is 19.4. The fourth-order valence-corrected chi connectivity index (χ4v) is 2.80. The van der Waals surface area contributed by atoms with Crippen molar-refractivity contribution in [2.45, 2.75) is 25.7 Å². The van der Waals surface area contributed by atoms with Crippen LogP contribution in [0.2, 0.25) is 0 Å². The number of hydrogen-bond donors (Lipinski definition) is 2. The van der Waals surface area contributed by atoms with Gasteiger partial charge in [0.1, 0.15) is 5.52 Å². The van der Waals surface area contributed by atoms with E-state index in [1.54, 1.807) is 44.3 Å². The molecule has 0 aliphatic heterocycles. The monoisotopic (exact) mass is 376 g/mol. The van der Waals surface area contributed by atoms with Crippen LogP contribution in [0.15, 0.2) is 48.7 Å². The number of nitrogens with zero attached hydrogens (tertiary/aromatic N) is 3. The van der Waals surface area contributed by atoms with E-state index in [1.807, 2.05) is 0 Å². The van der Waals surface area contributed by atoms with Crippen LogP contribution in [0.4, 0.5) is 13.2 Å². The average Bonchev–Trinajstić information content (AvgIpc) is 2.99. The molecule has 0 spiro atoms. The molecule has 0 aliphatic carbocycles. The van der Waals surface area contributed by atoms with Gasteiger partial charge in [-0.1, -0.05) is 42.1 Å². The Bertz CT molecular complexity index is 975. The van der Waals surface area contributed by atoms with E-state index in [-0.39, 0.29) is 11.1 Å². The van der Waals surface area contributed by atoms with Crippen molar-refractivity contribution in [3.63, 3.8) is 0 Å². The number of aryl methyl sites for hydroxylation is 1. The molecule has 0 saturated carbocycles. The minimum atomic E-state index is -4.56. The van der Waals surface area contributed by atoms with Gasteiger partial charge in [0.25, 0.3) is 0 Å². The molecule has 0 amide bonds. The van der Waals surface area contributed by atoms with E-state index < -0.39 is 17.8 Å². The molecule has 2 aromatic carbocycles. The zero-order chi connectivity index (χ0) is 19.8. The van der Waals surface area contributed by atoms with Gasteiger partial charge in [-0.25, -0.2) is 4.68 Å². The first-order valence-electron chi connectivity index (χ1n) is 8.28. The lowest BCUT2D eigenvalue weighted by Gasteiger charge is -2.15. The van der Waals surface area contributed by atoms with Crippen molar-refractivity contribution in [2.75, 3.05) is 0 Å². The highest BCUT2D eigenvalue weighted by Gasteiger charge is 2.37. The van der Waals surface area contributed by atoms with Crippen LogP contribution in [0.3, 0.4) is 0 Å². The molecule has 3 aromatic rings. The van der Waals surface area contributed by atoms with E-state index in [2.05, 4.69) is 22.2 Å². The van der Waals surface area contributed by atoms with Crippen molar-refractivity contribution in [1.82, 2.24) is 20.3 Å². The van der Waals surface area contributed by atoms with Crippen molar-refractivity contribution in [3.05, 3.63) is 59.8 Å². The second-order valence-corrected chi connectivity index (χ2v) is 6.32. The largest absolute Gasteiger partial charge is 0.419 e. The van der Waals surface area contributed by atoms with E-state index in [1.165, 1.54) is 10.7 Å². The Kier molecular flexibility index (Phi) is 4.93. The summed E-state index contributed by atoms with van der Waals surface area (Å²) in [5, 5.41) is 19.8. The maximum absolute atomic E-state index is 13.7. The molecule has 142 valence electrons. The third kappa shape index (κ3) is 3.80. The summed E-state index contributed by atoms with van der Waals surface area (Å²) in [7, 11) is 1.55. The third-order valence-corrected chi connectivity index (χ3v) is 4.36. The second-order valence-electron chi connectivity index (χ2n) is 6.32. The van der Waals surface area contributed by atoms with Crippen LogP contribution in [0, 0.1) is 0 Å². The molecule has 1 aromatic heterocycles. The molecule has 0 saturated heterocycles. The van der Waals surface area contributed by atoms with Crippen LogP contribution >= 0.6 is 0 Å². The number of hydrogen-bond acceptors (Lipinski definition) is 4. The van der Waals surface area contributed by atoms with Crippen LogP contribution in [-0.4, -0.2) is 26.2 Å². The molecule has 0 aliphatic rings. The maximum atomic E-state index is 13.7. The minimum absolute atomic E-state index is 0.0587. The normalized spacial score (nSPS) is 13.0. The summed E-state index contributed by atoms with van der Waals surface area (Å²) >= 11 is 0. The zero-order valence-corrected chi connectivity index (χ0v) is 14.9. The summed E-state index contributed by atoms with van der Waals surface area (Å²) in [6.07, 6.45) is -5.24. The first-order chi connectivity index (χ1) is 12.7. The Balaban J connectivity index is 1.97. The van der Waals surface area contributed by atoms with Gasteiger partial charge in [-0.3, -0.25) is 0 Å². The van der Waals surface area contributed by atoms with Gasteiger partial charge in [-0.05, 0) is 29.7 Å². The third-order valence-electron chi connectivity index (χ3n) is 4.36. The molecule has 0 fully saturated rings. The molecular formula is C19H19F3N4O. The molecule has 1 atom stereocenters. The number of nitrogens with one attached hydrogen (secondary N) is 1. The Morgan fingerprint density at radius 2 is 1.89 bits per heavy atom. The molecule has 0 bridgehead atoms.